The first-order valence-corrected chi connectivity index (χ1v) is 8.61. The highest BCUT2D eigenvalue weighted by molar-refractivity contribution is 6.30. The number of halogens is 1. The van der Waals surface area contributed by atoms with E-state index in [1.165, 1.54) is 5.56 Å². The summed E-state index contributed by atoms with van der Waals surface area (Å²) < 4.78 is 12.9. The van der Waals surface area contributed by atoms with E-state index in [0.29, 0.717) is 0 Å². The minimum atomic E-state index is 0.275. The number of fused-ring (bicyclic) bond motifs is 2. The standard InChI is InChI=1S/C19H16ClN3O2/c1-11-8-13(20)3-4-15(11)23-19-14(6-7-21-19)18(22-23)12-2-5-16-17(9-12)25-10-24-16/h2-5,8-9,21H,6-7,10H2,1H3. The third-order valence-electron chi connectivity index (χ3n) is 4.68. The highest BCUT2D eigenvalue weighted by atomic mass is 35.5. The van der Waals surface area contributed by atoms with E-state index in [1.54, 1.807) is 0 Å². The van der Waals surface area contributed by atoms with Crippen LogP contribution in [0.1, 0.15) is 11.1 Å². The molecule has 5 rings (SSSR count). The van der Waals surface area contributed by atoms with E-state index >= 15 is 0 Å². The Bertz CT molecular complexity index is 997. The Morgan fingerprint density at radius 3 is 2.88 bits per heavy atom. The maximum Gasteiger partial charge on any atom is 0.231 e. The number of aryl methyl sites for hydroxylation is 1. The van der Waals surface area contributed by atoms with Crippen LogP contribution in [-0.4, -0.2) is 23.1 Å². The lowest BCUT2D eigenvalue weighted by Crippen LogP contribution is -2.05. The second kappa shape index (κ2) is 5.43. The molecule has 3 aromatic rings. The number of nitrogens with zero attached hydrogens (tertiary/aromatic N) is 2. The van der Waals surface area contributed by atoms with Gasteiger partial charge in [0.25, 0.3) is 0 Å². The molecule has 126 valence electrons. The van der Waals surface area contributed by atoms with Gasteiger partial charge in [0.05, 0.1) is 11.4 Å². The molecule has 0 unspecified atom stereocenters. The summed E-state index contributed by atoms with van der Waals surface area (Å²) >= 11 is 6.11. The van der Waals surface area contributed by atoms with Crippen LogP contribution in [0.5, 0.6) is 11.5 Å². The Morgan fingerprint density at radius 1 is 1.12 bits per heavy atom. The highest BCUT2D eigenvalue weighted by Gasteiger charge is 2.25. The molecule has 0 radical (unpaired) electrons. The van der Waals surface area contributed by atoms with Gasteiger partial charge in [0.2, 0.25) is 6.79 Å². The van der Waals surface area contributed by atoms with Gasteiger partial charge in [-0.3, -0.25) is 0 Å². The molecule has 0 spiro atoms. The predicted octanol–water partition coefficient (Wildman–Crippen LogP) is 4.20. The van der Waals surface area contributed by atoms with Gasteiger partial charge < -0.3 is 14.8 Å². The van der Waals surface area contributed by atoms with Crippen molar-refractivity contribution in [2.24, 2.45) is 0 Å². The summed E-state index contributed by atoms with van der Waals surface area (Å²) in [5.74, 6) is 2.61. The predicted molar refractivity (Wildman–Crippen MR) is 97.1 cm³/mol. The molecule has 2 aromatic carbocycles. The number of rotatable bonds is 2. The van der Waals surface area contributed by atoms with Gasteiger partial charge >= 0.3 is 0 Å². The van der Waals surface area contributed by atoms with Crippen molar-refractivity contribution in [2.75, 3.05) is 18.7 Å². The van der Waals surface area contributed by atoms with Crippen molar-refractivity contribution in [2.45, 2.75) is 13.3 Å². The summed E-state index contributed by atoms with van der Waals surface area (Å²) in [6.45, 7) is 3.23. The minimum absolute atomic E-state index is 0.275. The van der Waals surface area contributed by atoms with Crippen molar-refractivity contribution in [3.05, 3.63) is 52.5 Å². The lowest BCUT2D eigenvalue weighted by Gasteiger charge is -2.10. The zero-order valence-corrected chi connectivity index (χ0v) is 14.4. The molecule has 2 aliphatic rings. The number of aromatic nitrogens is 2. The van der Waals surface area contributed by atoms with Crippen molar-refractivity contribution in [3.8, 4) is 28.4 Å². The Labute approximate surface area is 150 Å². The minimum Gasteiger partial charge on any atom is -0.454 e. The Balaban J connectivity index is 1.67. The van der Waals surface area contributed by atoms with E-state index < -0.39 is 0 Å². The summed E-state index contributed by atoms with van der Waals surface area (Å²) in [7, 11) is 0. The van der Waals surface area contributed by atoms with Gasteiger partial charge in [-0.05, 0) is 55.3 Å². The summed E-state index contributed by atoms with van der Waals surface area (Å²) in [5, 5.41) is 9.10. The fraction of sp³-hybridized carbons (Fsp3) is 0.211. The molecule has 0 fully saturated rings. The van der Waals surface area contributed by atoms with Crippen molar-refractivity contribution < 1.29 is 9.47 Å². The van der Waals surface area contributed by atoms with E-state index in [-0.39, 0.29) is 6.79 Å². The smallest absolute Gasteiger partial charge is 0.231 e. The highest BCUT2D eigenvalue weighted by Crippen LogP contribution is 2.40. The van der Waals surface area contributed by atoms with Gasteiger partial charge in [-0.25, -0.2) is 4.68 Å². The molecule has 25 heavy (non-hydrogen) atoms. The van der Waals surface area contributed by atoms with Crippen LogP contribution in [0.2, 0.25) is 5.02 Å². The van der Waals surface area contributed by atoms with Crippen LogP contribution in [0.4, 0.5) is 5.82 Å². The Morgan fingerprint density at radius 2 is 2.00 bits per heavy atom. The first kappa shape index (κ1) is 14.7. The molecule has 0 saturated carbocycles. The number of ether oxygens (including phenoxy) is 2. The fourth-order valence-electron chi connectivity index (χ4n) is 3.48. The molecule has 1 aromatic heterocycles. The maximum atomic E-state index is 6.11. The lowest BCUT2D eigenvalue weighted by molar-refractivity contribution is 0.174. The van der Waals surface area contributed by atoms with Crippen molar-refractivity contribution in [3.63, 3.8) is 0 Å². The van der Waals surface area contributed by atoms with Gasteiger partial charge in [-0.1, -0.05) is 11.6 Å². The molecule has 0 aliphatic carbocycles. The first-order valence-electron chi connectivity index (χ1n) is 8.23. The van der Waals surface area contributed by atoms with Gasteiger partial charge in [0, 0.05) is 22.7 Å². The van der Waals surface area contributed by atoms with Crippen LogP contribution < -0.4 is 14.8 Å². The van der Waals surface area contributed by atoms with Gasteiger partial charge in [0.15, 0.2) is 11.5 Å². The summed E-state index contributed by atoms with van der Waals surface area (Å²) in [5.41, 5.74) is 5.36. The molecule has 3 heterocycles. The molecule has 2 aliphatic heterocycles. The van der Waals surface area contributed by atoms with Crippen LogP contribution in [0, 0.1) is 6.92 Å². The third kappa shape index (κ3) is 2.27. The van der Waals surface area contributed by atoms with Crippen molar-refractivity contribution >= 4 is 17.4 Å². The number of nitrogens with one attached hydrogen (secondary N) is 1. The van der Waals surface area contributed by atoms with E-state index in [9.17, 15) is 0 Å². The quantitative estimate of drug-likeness (QED) is 0.750. The summed E-state index contributed by atoms with van der Waals surface area (Å²) in [6.07, 6.45) is 0.950. The Hall–Kier alpha value is -2.66. The second-order valence-electron chi connectivity index (χ2n) is 6.26. The largest absolute Gasteiger partial charge is 0.454 e. The molecule has 0 amide bonds. The molecule has 5 nitrogen and oxygen atoms in total. The topological polar surface area (TPSA) is 48.3 Å². The van der Waals surface area contributed by atoms with Crippen LogP contribution in [0.15, 0.2) is 36.4 Å². The average molecular weight is 354 g/mol. The Kier molecular flexibility index (Phi) is 3.18. The molecule has 0 saturated heterocycles. The number of hydrogen-bond acceptors (Lipinski definition) is 4. The maximum absolute atomic E-state index is 6.11. The van der Waals surface area contributed by atoms with Crippen LogP contribution in [-0.2, 0) is 6.42 Å². The van der Waals surface area contributed by atoms with Crippen molar-refractivity contribution in [1.29, 1.82) is 0 Å². The number of hydrogen-bond donors (Lipinski definition) is 1. The number of benzene rings is 2. The third-order valence-corrected chi connectivity index (χ3v) is 4.92. The van der Waals surface area contributed by atoms with Gasteiger partial charge in [-0.15, -0.1) is 0 Å². The summed E-state index contributed by atoms with van der Waals surface area (Å²) in [6, 6.07) is 11.8. The van der Waals surface area contributed by atoms with Crippen LogP contribution in [0.3, 0.4) is 0 Å². The number of anilines is 1. The van der Waals surface area contributed by atoms with Gasteiger partial charge in [0.1, 0.15) is 5.82 Å². The normalized spacial score (nSPS) is 14.5. The van der Waals surface area contributed by atoms with E-state index in [4.69, 9.17) is 26.2 Å². The molecule has 0 bridgehead atoms. The first-order chi connectivity index (χ1) is 12.2. The SMILES string of the molecule is Cc1cc(Cl)ccc1-n1nc(-c2ccc3c(c2)OCO3)c2c1NCC2. The molecular formula is C19H16ClN3O2. The zero-order valence-electron chi connectivity index (χ0n) is 13.7. The van der Waals surface area contributed by atoms with Crippen LogP contribution >= 0.6 is 11.6 Å². The average Bonchev–Trinajstić information content (AvgIpc) is 3.30. The van der Waals surface area contributed by atoms with Gasteiger partial charge in [-0.2, -0.15) is 5.10 Å². The zero-order chi connectivity index (χ0) is 17.0. The molecule has 6 heteroatoms. The second-order valence-corrected chi connectivity index (χ2v) is 6.70. The van der Waals surface area contributed by atoms with E-state index in [2.05, 4.69) is 5.32 Å². The lowest BCUT2D eigenvalue weighted by atomic mass is 10.1. The van der Waals surface area contributed by atoms with E-state index in [0.717, 1.165) is 57.8 Å². The van der Waals surface area contributed by atoms with Crippen LogP contribution in [0.25, 0.3) is 16.9 Å². The summed E-state index contributed by atoms with van der Waals surface area (Å²) in [4.78, 5) is 0. The van der Waals surface area contributed by atoms with E-state index in [1.807, 2.05) is 48.0 Å². The monoisotopic (exact) mass is 353 g/mol. The molecular weight excluding hydrogens is 338 g/mol. The van der Waals surface area contributed by atoms with Crippen molar-refractivity contribution in [1.82, 2.24) is 9.78 Å². The molecule has 1 N–H and O–H groups in total. The molecule has 0 atom stereocenters. The fourth-order valence-corrected chi connectivity index (χ4v) is 3.71.